The van der Waals surface area contributed by atoms with E-state index in [9.17, 15) is 27.9 Å². The first-order valence-corrected chi connectivity index (χ1v) is 18.5. The van der Waals surface area contributed by atoms with E-state index >= 15 is 4.39 Å². The third kappa shape index (κ3) is 12.6. The van der Waals surface area contributed by atoms with Gasteiger partial charge in [0.25, 0.3) is 0 Å². The first kappa shape index (κ1) is 47.6. The third-order valence-corrected chi connectivity index (χ3v) is 10.1. The zero-order valence-corrected chi connectivity index (χ0v) is 36.4. The van der Waals surface area contributed by atoms with Gasteiger partial charge in [0.1, 0.15) is 35.9 Å². The van der Waals surface area contributed by atoms with E-state index < -0.39 is 60.2 Å². The number of nitriles is 1. The van der Waals surface area contributed by atoms with Crippen LogP contribution in [0.3, 0.4) is 0 Å². The maximum Gasteiger partial charge on any atom is 1.00 e. The molecule has 0 unspecified atom stereocenters. The van der Waals surface area contributed by atoms with Crippen molar-refractivity contribution in [1.29, 1.82) is 5.26 Å². The van der Waals surface area contributed by atoms with E-state index in [2.05, 4.69) is 14.6 Å². The summed E-state index contributed by atoms with van der Waals surface area (Å²) in [4.78, 5) is 40.8. The Labute approximate surface area is 369 Å². The summed E-state index contributed by atoms with van der Waals surface area (Å²) in [7, 11) is -4.23. The van der Waals surface area contributed by atoms with E-state index in [0.717, 1.165) is 18.2 Å². The van der Waals surface area contributed by atoms with Crippen LogP contribution in [0.25, 0.3) is 6.08 Å². The summed E-state index contributed by atoms with van der Waals surface area (Å²) >= 11 is 1.23. The van der Waals surface area contributed by atoms with E-state index in [1.165, 1.54) is 72.6 Å². The molecular weight excluding hydrogens is 798 g/mol. The van der Waals surface area contributed by atoms with Crippen LogP contribution >= 0.6 is 19.6 Å². The van der Waals surface area contributed by atoms with Crippen LogP contribution in [0.2, 0.25) is 0 Å². The second-order valence-corrected chi connectivity index (χ2v) is 14.5. The van der Waals surface area contributed by atoms with Gasteiger partial charge in [0.2, 0.25) is 0 Å². The average molecular weight is 831 g/mol. The summed E-state index contributed by atoms with van der Waals surface area (Å²) < 4.78 is 84.7. The molecular formula is C36H32F3N4Na2O9PS. The first-order valence-electron chi connectivity index (χ1n) is 16.1. The summed E-state index contributed by atoms with van der Waals surface area (Å²) in [5.41, 5.74) is -2.04. The second kappa shape index (κ2) is 21.8. The number of hydrogen-bond acceptors (Lipinski definition) is 13. The van der Waals surface area contributed by atoms with Gasteiger partial charge in [0.05, 0.1) is 63.7 Å². The molecule has 1 fully saturated rings. The molecule has 13 nitrogen and oxygen atoms in total. The van der Waals surface area contributed by atoms with Crippen molar-refractivity contribution in [3.8, 4) is 11.8 Å². The minimum atomic E-state index is -5.49. The molecule has 20 heteroatoms. The molecule has 2 heterocycles. The number of aromatic nitrogens is 3. The maximum absolute atomic E-state index is 15.9. The zero-order valence-electron chi connectivity index (χ0n) is 30.7. The fourth-order valence-electron chi connectivity index (χ4n) is 5.59. The van der Waals surface area contributed by atoms with E-state index in [1.807, 2.05) is 6.07 Å². The minimum absolute atomic E-state index is 0. The Morgan fingerprint density at radius 2 is 1.88 bits per heavy atom. The van der Waals surface area contributed by atoms with Crippen molar-refractivity contribution in [2.45, 2.75) is 42.5 Å². The Hall–Kier alpha value is -2.79. The van der Waals surface area contributed by atoms with Crippen LogP contribution in [0, 0.1) is 28.8 Å². The van der Waals surface area contributed by atoms with Crippen LogP contribution in [0.4, 0.5) is 13.2 Å². The summed E-state index contributed by atoms with van der Waals surface area (Å²) in [6.45, 7) is 0.765. The number of phosphoric ester groups is 1. The van der Waals surface area contributed by atoms with Gasteiger partial charge in [-0.3, -0.25) is 0 Å². The number of carbonyl (C=O) groups is 1. The summed E-state index contributed by atoms with van der Waals surface area (Å²) in [6.07, 6.45) is 8.12. The average Bonchev–Trinajstić information content (AvgIpc) is 3.65. The molecule has 0 bridgehead atoms. The number of benzene rings is 3. The predicted octanol–water partition coefficient (Wildman–Crippen LogP) is -1.19. The van der Waals surface area contributed by atoms with Crippen molar-refractivity contribution in [3.05, 3.63) is 131 Å². The number of methoxy groups -OCH3 is 1. The summed E-state index contributed by atoms with van der Waals surface area (Å²) in [5, 5.41) is 11.8. The number of phosphoric acid groups is 1. The van der Waals surface area contributed by atoms with Gasteiger partial charge in [0.15, 0.2) is 11.9 Å². The quantitative estimate of drug-likeness (QED) is 0.0605. The van der Waals surface area contributed by atoms with Crippen molar-refractivity contribution in [2.75, 3.05) is 20.3 Å². The molecule has 0 aliphatic carbocycles. The molecule has 56 heavy (non-hydrogen) atoms. The molecule has 284 valence electrons. The molecule has 4 aromatic rings. The van der Waals surface area contributed by atoms with Gasteiger partial charge in [-0.25, -0.2) is 27.6 Å². The molecule has 1 aliphatic heterocycles. The Morgan fingerprint density at radius 3 is 2.50 bits per heavy atom. The molecule has 0 saturated carbocycles. The zero-order chi connectivity index (χ0) is 38.9. The van der Waals surface area contributed by atoms with E-state index in [1.54, 1.807) is 25.2 Å². The van der Waals surface area contributed by atoms with Crippen LogP contribution < -0.4 is 73.6 Å². The molecule has 0 spiro atoms. The number of thioether (sulfide) groups is 1. The van der Waals surface area contributed by atoms with Crippen molar-refractivity contribution in [2.24, 2.45) is 0 Å². The number of hydrogen-bond donors (Lipinski definition) is 0. The molecule has 1 saturated heterocycles. The monoisotopic (exact) mass is 830 g/mol. The fraction of sp³-hybridized carbons (Fsp3) is 0.278. The van der Waals surface area contributed by atoms with Crippen LogP contribution in [0.15, 0.2) is 85.5 Å². The SMILES string of the molecule is COc1cccc(C(=O)O[C@@](Cn2cncn2)(c2ccc(F)cc2F)[C@@H](C)S[C@H]2CO[C@H](C=CC=Cc3ccc(C#N)cc3F)OC2)c1COP(=O)([O-])[O-].[Na+].[Na+]. The minimum Gasteiger partial charge on any atom is -0.790 e. The number of nitrogens with zero attached hydrogens (tertiary/aromatic N) is 4. The van der Waals surface area contributed by atoms with Gasteiger partial charge in [0, 0.05) is 28.0 Å². The predicted molar refractivity (Wildman–Crippen MR) is 185 cm³/mol. The molecule has 2 atom stereocenters. The normalized spacial score (nSPS) is 17.3. The Bertz CT molecular complexity index is 2100. The molecule has 5 rings (SSSR count). The van der Waals surface area contributed by atoms with Crippen LogP contribution in [0.5, 0.6) is 5.75 Å². The van der Waals surface area contributed by atoms with Gasteiger partial charge in [-0.15, -0.1) is 11.8 Å². The summed E-state index contributed by atoms with van der Waals surface area (Å²) in [6, 6.07) is 12.9. The molecule has 0 amide bonds. The molecule has 3 aromatic carbocycles. The van der Waals surface area contributed by atoms with Gasteiger partial charge in [-0.05, 0) is 49.4 Å². The van der Waals surface area contributed by atoms with Gasteiger partial charge in [-0.2, -0.15) is 10.4 Å². The Kier molecular flexibility index (Phi) is 18.5. The molecule has 1 aromatic heterocycles. The van der Waals surface area contributed by atoms with Gasteiger partial charge < -0.3 is 37.8 Å². The smallest absolute Gasteiger partial charge is 0.790 e. The van der Waals surface area contributed by atoms with Crippen molar-refractivity contribution in [1.82, 2.24) is 14.8 Å². The van der Waals surface area contributed by atoms with E-state index in [-0.39, 0.29) is 112 Å². The summed E-state index contributed by atoms with van der Waals surface area (Å²) in [5.74, 6) is -3.53. The number of ether oxygens (including phenoxy) is 4. The molecule has 1 aliphatic rings. The Morgan fingerprint density at radius 1 is 1.12 bits per heavy atom. The van der Waals surface area contributed by atoms with Crippen LogP contribution in [-0.2, 0) is 42.1 Å². The maximum atomic E-state index is 15.9. The molecule has 0 radical (unpaired) electrons. The second-order valence-electron chi connectivity index (χ2n) is 11.7. The number of rotatable bonds is 15. The van der Waals surface area contributed by atoms with Gasteiger partial charge in [-0.1, -0.05) is 30.4 Å². The number of esters is 1. The first-order chi connectivity index (χ1) is 25.8. The number of carbonyl (C=O) groups excluding carboxylic acids is 1. The van der Waals surface area contributed by atoms with E-state index in [4.69, 9.17) is 24.2 Å². The van der Waals surface area contributed by atoms with Crippen LogP contribution in [-0.4, -0.2) is 57.8 Å². The topological polar surface area (TPSA) is 181 Å². The largest absolute Gasteiger partial charge is 1.00 e. The van der Waals surface area contributed by atoms with Crippen molar-refractivity contribution < 1.29 is 115 Å². The molecule has 0 N–H and O–H groups in total. The number of halogens is 3. The van der Waals surface area contributed by atoms with Crippen LogP contribution in [0.1, 0.15) is 39.5 Å². The van der Waals surface area contributed by atoms with E-state index in [0.29, 0.717) is 6.07 Å². The number of allylic oxidation sites excluding steroid dienone is 2. The third-order valence-electron chi connectivity index (χ3n) is 8.20. The Balaban J connectivity index is 0.00000420. The van der Waals surface area contributed by atoms with Crippen molar-refractivity contribution in [3.63, 3.8) is 0 Å². The van der Waals surface area contributed by atoms with Crippen molar-refractivity contribution >= 4 is 31.6 Å². The fourth-order valence-corrected chi connectivity index (χ4v) is 7.23. The van der Waals surface area contributed by atoms with Gasteiger partial charge >= 0.3 is 65.1 Å². The standard InChI is InChI=1S/C36H34F3N4O9PS.2Na/c1-23(54-27-17-49-34(50-18-27)9-4-3-6-25-11-10-24(16-40)14-31(25)38)36(20-43-22-41-21-42-43,30-13-12-26(37)15-32(30)39)52-35(44)28-7-5-8-33(48-2)29(28)19-51-53(45,46)47;;/h3-15,21-23,27,34H,17-20H2,1-2H3,(H2,45,46,47);;/q;2*+1/p-2/t23-,27-,34-,36-;;/m1../s1.